The fourth-order valence-corrected chi connectivity index (χ4v) is 1.06. The molecule has 13 heavy (non-hydrogen) atoms. The minimum Gasteiger partial charge on any atom is -0.491 e. The van der Waals surface area contributed by atoms with E-state index in [2.05, 4.69) is 17.8 Å². The standard InChI is InChI=1S/C10H15NO2/c1-2-9-4-3-5-10(8-9)12-6-7-13-11/h3-5,8H,2,6-7,11H2,1H3. The number of benzene rings is 1. The average molecular weight is 181 g/mol. The van der Waals surface area contributed by atoms with E-state index in [1.165, 1.54) is 5.56 Å². The monoisotopic (exact) mass is 181 g/mol. The van der Waals surface area contributed by atoms with Crippen LogP contribution in [0.3, 0.4) is 0 Å². The summed E-state index contributed by atoms with van der Waals surface area (Å²) in [5, 5.41) is 0. The van der Waals surface area contributed by atoms with Crippen LogP contribution >= 0.6 is 0 Å². The van der Waals surface area contributed by atoms with E-state index in [1.807, 2.05) is 18.2 Å². The molecule has 0 heterocycles. The van der Waals surface area contributed by atoms with Crippen LogP contribution in [0.4, 0.5) is 0 Å². The zero-order valence-corrected chi connectivity index (χ0v) is 7.82. The Morgan fingerprint density at radius 3 is 2.85 bits per heavy atom. The lowest BCUT2D eigenvalue weighted by molar-refractivity contribution is 0.102. The first-order valence-corrected chi connectivity index (χ1v) is 4.40. The Balaban J connectivity index is 2.46. The van der Waals surface area contributed by atoms with E-state index in [0.29, 0.717) is 13.2 Å². The Labute approximate surface area is 78.4 Å². The second-order valence-electron chi connectivity index (χ2n) is 2.72. The summed E-state index contributed by atoms with van der Waals surface area (Å²) >= 11 is 0. The van der Waals surface area contributed by atoms with Gasteiger partial charge >= 0.3 is 0 Å². The Bertz CT molecular complexity index is 250. The van der Waals surface area contributed by atoms with Crippen LogP contribution in [0.25, 0.3) is 0 Å². The summed E-state index contributed by atoms with van der Waals surface area (Å²) in [7, 11) is 0. The number of ether oxygens (including phenoxy) is 1. The van der Waals surface area contributed by atoms with Gasteiger partial charge in [-0.1, -0.05) is 19.1 Å². The van der Waals surface area contributed by atoms with Crippen molar-refractivity contribution in [1.29, 1.82) is 0 Å². The van der Waals surface area contributed by atoms with Gasteiger partial charge in [0.25, 0.3) is 0 Å². The highest BCUT2D eigenvalue weighted by molar-refractivity contribution is 5.28. The SMILES string of the molecule is CCc1cccc(OCCON)c1. The Morgan fingerprint density at radius 2 is 2.15 bits per heavy atom. The van der Waals surface area contributed by atoms with Gasteiger partial charge in [-0.2, -0.15) is 0 Å². The predicted octanol–water partition coefficient (Wildman–Crippen LogP) is 1.52. The van der Waals surface area contributed by atoms with Crippen LogP contribution in [0.5, 0.6) is 5.75 Å². The molecule has 0 fully saturated rings. The third-order valence-corrected chi connectivity index (χ3v) is 1.78. The zero-order chi connectivity index (χ0) is 9.52. The molecule has 0 radical (unpaired) electrons. The number of hydrogen-bond donors (Lipinski definition) is 1. The van der Waals surface area contributed by atoms with E-state index in [1.54, 1.807) is 0 Å². The zero-order valence-electron chi connectivity index (χ0n) is 7.82. The molecule has 0 unspecified atom stereocenters. The quantitative estimate of drug-likeness (QED) is 0.553. The molecule has 0 amide bonds. The molecule has 1 aromatic rings. The molecule has 72 valence electrons. The van der Waals surface area contributed by atoms with E-state index >= 15 is 0 Å². The van der Waals surface area contributed by atoms with Gasteiger partial charge in [-0.05, 0) is 24.1 Å². The van der Waals surface area contributed by atoms with Gasteiger partial charge in [0.2, 0.25) is 0 Å². The highest BCUT2D eigenvalue weighted by atomic mass is 16.6. The summed E-state index contributed by atoms with van der Waals surface area (Å²) in [6, 6.07) is 8.01. The van der Waals surface area contributed by atoms with Gasteiger partial charge < -0.3 is 9.57 Å². The van der Waals surface area contributed by atoms with Crippen LogP contribution in [-0.4, -0.2) is 13.2 Å². The van der Waals surface area contributed by atoms with Gasteiger partial charge in [0.1, 0.15) is 19.0 Å². The van der Waals surface area contributed by atoms with Crippen LogP contribution in [0.15, 0.2) is 24.3 Å². The summed E-state index contributed by atoms with van der Waals surface area (Å²) in [6.07, 6.45) is 1.02. The highest BCUT2D eigenvalue weighted by Gasteiger charge is 1.94. The van der Waals surface area contributed by atoms with Crippen molar-refractivity contribution < 1.29 is 9.57 Å². The van der Waals surface area contributed by atoms with Gasteiger partial charge in [0, 0.05) is 0 Å². The molecular weight excluding hydrogens is 166 g/mol. The third-order valence-electron chi connectivity index (χ3n) is 1.78. The van der Waals surface area contributed by atoms with Gasteiger partial charge in [-0.25, -0.2) is 5.90 Å². The van der Waals surface area contributed by atoms with Crippen molar-refractivity contribution in [3.05, 3.63) is 29.8 Å². The Morgan fingerprint density at radius 1 is 1.31 bits per heavy atom. The van der Waals surface area contributed by atoms with Gasteiger partial charge in [0.15, 0.2) is 0 Å². The molecule has 0 saturated carbocycles. The molecule has 0 aliphatic carbocycles. The second-order valence-corrected chi connectivity index (χ2v) is 2.72. The maximum absolute atomic E-state index is 5.38. The summed E-state index contributed by atoms with van der Waals surface area (Å²) in [5.41, 5.74) is 1.27. The lowest BCUT2D eigenvalue weighted by Gasteiger charge is -2.05. The fraction of sp³-hybridized carbons (Fsp3) is 0.400. The molecule has 0 aliphatic rings. The van der Waals surface area contributed by atoms with E-state index in [0.717, 1.165) is 12.2 Å². The van der Waals surface area contributed by atoms with E-state index in [4.69, 9.17) is 10.6 Å². The van der Waals surface area contributed by atoms with Crippen LogP contribution in [-0.2, 0) is 11.3 Å². The summed E-state index contributed by atoms with van der Waals surface area (Å²) < 4.78 is 5.38. The molecule has 3 heteroatoms. The fourth-order valence-electron chi connectivity index (χ4n) is 1.06. The second kappa shape index (κ2) is 5.56. The first-order chi connectivity index (χ1) is 6.36. The average Bonchev–Trinajstić information content (AvgIpc) is 2.19. The van der Waals surface area contributed by atoms with Crippen molar-refractivity contribution in [3.63, 3.8) is 0 Å². The maximum atomic E-state index is 5.38. The van der Waals surface area contributed by atoms with Crippen molar-refractivity contribution in [1.82, 2.24) is 0 Å². The minimum absolute atomic E-state index is 0.413. The number of aryl methyl sites for hydroxylation is 1. The lowest BCUT2D eigenvalue weighted by atomic mass is 10.2. The molecule has 0 spiro atoms. The maximum Gasteiger partial charge on any atom is 0.119 e. The molecular formula is C10H15NO2. The van der Waals surface area contributed by atoms with Gasteiger partial charge in [-0.3, -0.25) is 0 Å². The predicted molar refractivity (Wildman–Crippen MR) is 51.5 cm³/mol. The molecule has 0 saturated heterocycles. The molecule has 1 rings (SSSR count). The Hall–Kier alpha value is -1.06. The number of hydrogen-bond acceptors (Lipinski definition) is 3. The smallest absolute Gasteiger partial charge is 0.119 e. The summed E-state index contributed by atoms with van der Waals surface area (Å²) in [5.74, 6) is 5.74. The van der Waals surface area contributed by atoms with Crippen molar-refractivity contribution in [2.75, 3.05) is 13.2 Å². The van der Waals surface area contributed by atoms with Crippen molar-refractivity contribution >= 4 is 0 Å². The van der Waals surface area contributed by atoms with E-state index in [-0.39, 0.29) is 0 Å². The van der Waals surface area contributed by atoms with Crippen molar-refractivity contribution in [2.24, 2.45) is 5.90 Å². The van der Waals surface area contributed by atoms with Crippen molar-refractivity contribution in [3.8, 4) is 5.75 Å². The minimum atomic E-state index is 0.413. The normalized spacial score (nSPS) is 10.0. The molecule has 0 bridgehead atoms. The lowest BCUT2D eigenvalue weighted by Crippen LogP contribution is -2.10. The summed E-state index contributed by atoms with van der Waals surface area (Å²) in [4.78, 5) is 4.40. The van der Waals surface area contributed by atoms with E-state index < -0.39 is 0 Å². The van der Waals surface area contributed by atoms with Crippen LogP contribution < -0.4 is 10.6 Å². The third kappa shape index (κ3) is 3.44. The van der Waals surface area contributed by atoms with Crippen LogP contribution in [0.1, 0.15) is 12.5 Å². The van der Waals surface area contributed by atoms with Crippen molar-refractivity contribution in [2.45, 2.75) is 13.3 Å². The summed E-state index contributed by atoms with van der Waals surface area (Å²) in [6.45, 7) is 3.02. The highest BCUT2D eigenvalue weighted by Crippen LogP contribution is 2.13. The van der Waals surface area contributed by atoms with Crippen LogP contribution in [0.2, 0.25) is 0 Å². The molecule has 1 aromatic carbocycles. The van der Waals surface area contributed by atoms with Gasteiger partial charge in [0.05, 0.1) is 0 Å². The number of rotatable bonds is 5. The molecule has 0 aliphatic heterocycles. The molecule has 0 aromatic heterocycles. The van der Waals surface area contributed by atoms with Crippen LogP contribution in [0, 0.1) is 0 Å². The Kier molecular flexibility index (Phi) is 4.29. The molecule has 0 atom stereocenters. The first-order valence-electron chi connectivity index (χ1n) is 4.40. The molecule has 2 N–H and O–H groups in total. The number of nitrogens with two attached hydrogens (primary N) is 1. The molecule has 3 nitrogen and oxygen atoms in total. The van der Waals surface area contributed by atoms with Gasteiger partial charge in [-0.15, -0.1) is 0 Å². The first kappa shape index (κ1) is 10.0. The topological polar surface area (TPSA) is 44.5 Å². The largest absolute Gasteiger partial charge is 0.491 e. The van der Waals surface area contributed by atoms with E-state index in [9.17, 15) is 0 Å².